The number of amides is 2. The molecule has 1 aliphatic heterocycles. The zero-order valence-electron chi connectivity index (χ0n) is 9.69. The quantitative estimate of drug-likeness (QED) is 0.902. The van der Waals surface area contributed by atoms with E-state index < -0.39 is 0 Å². The summed E-state index contributed by atoms with van der Waals surface area (Å²) in [5.41, 5.74) is 0.826. The molecule has 0 aromatic heterocycles. The van der Waals surface area contributed by atoms with Gasteiger partial charge in [-0.15, -0.1) is 0 Å². The fraction of sp³-hybridized carbons (Fsp3) is 0.333. The van der Waals surface area contributed by atoms with Gasteiger partial charge in [-0.25, -0.2) is 4.39 Å². The Balaban J connectivity index is 1.78. The van der Waals surface area contributed by atoms with Crippen molar-refractivity contribution in [3.05, 3.63) is 35.6 Å². The Morgan fingerprint density at radius 3 is 2.72 bits per heavy atom. The second-order valence-corrected chi connectivity index (χ2v) is 4.99. The minimum Gasteiger partial charge on any atom is -0.350 e. The number of benzene rings is 1. The van der Waals surface area contributed by atoms with Gasteiger partial charge in [-0.3, -0.25) is 9.59 Å². The zero-order valence-corrected chi connectivity index (χ0v) is 10.5. The van der Waals surface area contributed by atoms with Gasteiger partial charge >= 0.3 is 0 Å². The van der Waals surface area contributed by atoms with Gasteiger partial charge in [0.2, 0.25) is 5.91 Å². The van der Waals surface area contributed by atoms with E-state index in [9.17, 15) is 14.0 Å². The van der Waals surface area contributed by atoms with Crippen molar-refractivity contribution in [3.8, 4) is 0 Å². The van der Waals surface area contributed by atoms with E-state index >= 15 is 0 Å². The number of hydrogen-bond donors (Lipinski definition) is 1. The fourth-order valence-electron chi connectivity index (χ4n) is 1.60. The Morgan fingerprint density at radius 2 is 2.11 bits per heavy atom. The first-order chi connectivity index (χ1) is 8.65. The third-order valence-electron chi connectivity index (χ3n) is 2.58. The minimum absolute atomic E-state index is 0.0491. The molecule has 0 saturated carbocycles. The maximum Gasteiger partial charge on any atom is 0.282 e. The van der Waals surface area contributed by atoms with Crippen molar-refractivity contribution in [2.75, 3.05) is 18.8 Å². The monoisotopic (exact) mass is 268 g/mol. The standard InChI is InChI=1S/C12H13FN2O2S/c13-10-3-1-9(2-4-10)7-14-11(16)8-15-5-6-18-12(15)17/h1-4H,5-8H2,(H,14,16). The van der Waals surface area contributed by atoms with Crippen molar-refractivity contribution >= 4 is 22.9 Å². The Bertz CT molecular complexity index is 450. The van der Waals surface area contributed by atoms with Crippen LogP contribution in [0.3, 0.4) is 0 Å². The summed E-state index contributed by atoms with van der Waals surface area (Å²) in [6.45, 7) is 1.05. The molecule has 1 aromatic rings. The molecule has 1 aliphatic rings. The Hall–Kier alpha value is -1.56. The van der Waals surface area contributed by atoms with Crippen LogP contribution in [-0.2, 0) is 11.3 Å². The first-order valence-electron chi connectivity index (χ1n) is 5.58. The molecule has 0 atom stereocenters. The third kappa shape index (κ3) is 3.46. The summed E-state index contributed by atoms with van der Waals surface area (Å²) in [6, 6.07) is 5.93. The summed E-state index contributed by atoms with van der Waals surface area (Å²) in [5.74, 6) is 0.240. The molecule has 0 bridgehead atoms. The molecule has 1 aromatic carbocycles. The van der Waals surface area contributed by atoms with Crippen LogP contribution in [0.25, 0.3) is 0 Å². The average Bonchev–Trinajstić information content (AvgIpc) is 2.74. The van der Waals surface area contributed by atoms with Crippen molar-refractivity contribution in [1.82, 2.24) is 10.2 Å². The van der Waals surface area contributed by atoms with Crippen LogP contribution in [0.15, 0.2) is 24.3 Å². The molecule has 2 rings (SSSR count). The average molecular weight is 268 g/mol. The van der Waals surface area contributed by atoms with Gasteiger partial charge in [-0.05, 0) is 17.7 Å². The maximum atomic E-state index is 12.7. The number of halogens is 1. The molecule has 0 unspecified atom stereocenters. The van der Waals surface area contributed by atoms with Gasteiger partial charge in [0.15, 0.2) is 0 Å². The lowest BCUT2D eigenvalue weighted by molar-refractivity contribution is -0.121. The number of carbonyl (C=O) groups excluding carboxylic acids is 2. The lowest BCUT2D eigenvalue weighted by Gasteiger charge is -2.13. The first-order valence-corrected chi connectivity index (χ1v) is 6.56. The van der Waals surface area contributed by atoms with Crippen molar-refractivity contribution < 1.29 is 14.0 Å². The lowest BCUT2D eigenvalue weighted by Crippen LogP contribution is -2.36. The Kier molecular flexibility index (Phi) is 4.19. The first kappa shape index (κ1) is 12.9. The van der Waals surface area contributed by atoms with E-state index in [4.69, 9.17) is 0 Å². The minimum atomic E-state index is -0.301. The van der Waals surface area contributed by atoms with Crippen molar-refractivity contribution in [2.45, 2.75) is 6.54 Å². The number of nitrogens with one attached hydrogen (secondary N) is 1. The zero-order chi connectivity index (χ0) is 13.0. The van der Waals surface area contributed by atoms with E-state index in [0.29, 0.717) is 13.1 Å². The molecule has 0 spiro atoms. The number of carbonyl (C=O) groups is 2. The molecule has 1 N–H and O–H groups in total. The van der Waals surface area contributed by atoms with Gasteiger partial charge in [0.1, 0.15) is 12.4 Å². The molecule has 18 heavy (non-hydrogen) atoms. The summed E-state index contributed by atoms with van der Waals surface area (Å²) in [4.78, 5) is 24.4. The van der Waals surface area contributed by atoms with Crippen LogP contribution in [0.5, 0.6) is 0 Å². The fourth-order valence-corrected chi connectivity index (χ4v) is 2.43. The van der Waals surface area contributed by atoms with Crippen LogP contribution in [0.4, 0.5) is 9.18 Å². The molecule has 0 radical (unpaired) electrons. The number of rotatable bonds is 4. The molecule has 1 fully saturated rings. The largest absolute Gasteiger partial charge is 0.350 e. The summed E-state index contributed by atoms with van der Waals surface area (Å²) in [5, 5.41) is 2.65. The number of thioether (sulfide) groups is 1. The van der Waals surface area contributed by atoms with E-state index in [2.05, 4.69) is 5.32 Å². The second-order valence-electron chi connectivity index (χ2n) is 3.94. The van der Waals surface area contributed by atoms with Gasteiger partial charge in [0.25, 0.3) is 5.24 Å². The molecule has 4 nitrogen and oxygen atoms in total. The Labute approximate surface area is 109 Å². The van der Waals surface area contributed by atoms with Crippen LogP contribution in [0.1, 0.15) is 5.56 Å². The molecule has 1 saturated heterocycles. The lowest BCUT2D eigenvalue weighted by atomic mass is 10.2. The second kappa shape index (κ2) is 5.86. The van der Waals surface area contributed by atoms with Crippen molar-refractivity contribution in [1.29, 1.82) is 0 Å². The molecular weight excluding hydrogens is 255 g/mol. The van der Waals surface area contributed by atoms with Gasteiger partial charge < -0.3 is 10.2 Å². The van der Waals surface area contributed by atoms with Gasteiger partial charge in [-0.1, -0.05) is 23.9 Å². The molecule has 6 heteroatoms. The predicted octanol–water partition coefficient (Wildman–Crippen LogP) is 1.61. The summed E-state index contributed by atoms with van der Waals surface area (Å²) in [7, 11) is 0. The highest BCUT2D eigenvalue weighted by molar-refractivity contribution is 8.13. The third-order valence-corrected chi connectivity index (χ3v) is 3.47. The highest BCUT2D eigenvalue weighted by Gasteiger charge is 2.22. The SMILES string of the molecule is O=C(CN1CCSC1=O)NCc1ccc(F)cc1. The maximum absolute atomic E-state index is 12.7. The molecular formula is C12H13FN2O2S. The number of nitrogens with zero attached hydrogens (tertiary/aromatic N) is 1. The molecule has 96 valence electrons. The van der Waals surface area contributed by atoms with E-state index in [1.54, 1.807) is 12.1 Å². The predicted molar refractivity (Wildman–Crippen MR) is 67.7 cm³/mol. The molecule has 2 amide bonds. The van der Waals surface area contributed by atoms with Gasteiger partial charge in [0.05, 0.1) is 0 Å². The van der Waals surface area contributed by atoms with Crippen LogP contribution in [-0.4, -0.2) is 34.9 Å². The van der Waals surface area contributed by atoms with Crippen molar-refractivity contribution in [3.63, 3.8) is 0 Å². The van der Waals surface area contributed by atoms with E-state index in [-0.39, 0.29) is 23.5 Å². The smallest absolute Gasteiger partial charge is 0.282 e. The molecule has 0 aliphatic carbocycles. The summed E-state index contributed by atoms with van der Waals surface area (Å²) < 4.78 is 12.7. The highest BCUT2D eigenvalue weighted by atomic mass is 32.2. The summed E-state index contributed by atoms with van der Waals surface area (Å²) >= 11 is 1.23. The highest BCUT2D eigenvalue weighted by Crippen LogP contribution is 2.16. The Morgan fingerprint density at radius 1 is 1.39 bits per heavy atom. The molecule has 1 heterocycles. The van der Waals surface area contributed by atoms with E-state index in [1.807, 2.05) is 0 Å². The van der Waals surface area contributed by atoms with E-state index in [0.717, 1.165) is 11.3 Å². The number of hydrogen-bond acceptors (Lipinski definition) is 3. The topological polar surface area (TPSA) is 49.4 Å². The van der Waals surface area contributed by atoms with Gasteiger partial charge in [0, 0.05) is 18.8 Å². The van der Waals surface area contributed by atoms with Crippen LogP contribution in [0.2, 0.25) is 0 Å². The van der Waals surface area contributed by atoms with E-state index in [1.165, 1.54) is 28.8 Å². The summed E-state index contributed by atoms with van der Waals surface area (Å²) in [6.07, 6.45) is 0. The van der Waals surface area contributed by atoms with Crippen LogP contribution >= 0.6 is 11.8 Å². The van der Waals surface area contributed by atoms with Crippen LogP contribution in [0, 0.1) is 5.82 Å². The normalized spacial score (nSPS) is 14.9. The van der Waals surface area contributed by atoms with Gasteiger partial charge in [-0.2, -0.15) is 0 Å². The van der Waals surface area contributed by atoms with Crippen LogP contribution < -0.4 is 5.32 Å². The van der Waals surface area contributed by atoms with Crippen molar-refractivity contribution in [2.24, 2.45) is 0 Å².